The highest BCUT2D eigenvalue weighted by molar-refractivity contribution is 6.11. The highest BCUT2D eigenvalue weighted by atomic mass is 15.1. The second-order valence-electron chi connectivity index (χ2n) is 15.7. The Kier molecular flexibility index (Phi) is 6.94. The molecule has 0 N–H and O–H groups in total. The van der Waals surface area contributed by atoms with E-state index < -0.39 is 0 Å². The standard InChI is InChI=1S/C52H41N/c1-51(2)43-23-13-11-22-40(43)41-30-28-38(33-46(41)51)53(47-25-14-12-21-39(47)35-18-9-6-10-19-35)48-31-27-36-20-15-24-44-49(36)50(48)42-29-26-37(32-45(42)52(44,3)4)34-16-7-5-8-17-34/h5-33H,1-4H3. The highest BCUT2D eigenvalue weighted by Crippen LogP contribution is 2.56. The van der Waals surface area contributed by atoms with Crippen molar-refractivity contribution >= 4 is 27.8 Å². The Hall–Kier alpha value is -6.18. The Morgan fingerprint density at radius 3 is 1.75 bits per heavy atom. The number of hydrogen-bond acceptors (Lipinski definition) is 1. The molecule has 0 aromatic heterocycles. The van der Waals surface area contributed by atoms with Crippen molar-refractivity contribution < 1.29 is 0 Å². The second-order valence-corrected chi connectivity index (χ2v) is 15.7. The summed E-state index contributed by atoms with van der Waals surface area (Å²) in [5.74, 6) is 0. The molecule has 0 aliphatic heterocycles. The smallest absolute Gasteiger partial charge is 0.0546 e. The van der Waals surface area contributed by atoms with Crippen LogP contribution >= 0.6 is 0 Å². The average molecular weight is 680 g/mol. The number of rotatable bonds is 5. The van der Waals surface area contributed by atoms with Crippen molar-refractivity contribution in [1.82, 2.24) is 0 Å². The van der Waals surface area contributed by atoms with Crippen LogP contribution in [0.2, 0.25) is 0 Å². The van der Waals surface area contributed by atoms with E-state index in [1.54, 1.807) is 0 Å². The van der Waals surface area contributed by atoms with Gasteiger partial charge in [-0.25, -0.2) is 0 Å². The molecule has 0 amide bonds. The lowest BCUT2D eigenvalue weighted by Gasteiger charge is -2.38. The first-order chi connectivity index (χ1) is 25.8. The molecule has 0 bridgehead atoms. The van der Waals surface area contributed by atoms with Crippen molar-refractivity contribution in [2.45, 2.75) is 38.5 Å². The van der Waals surface area contributed by atoms with E-state index in [2.05, 4.69) is 209 Å². The molecule has 8 aromatic rings. The molecule has 0 unspecified atom stereocenters. The van der Waals surface area contributed by atoms with Gasteiger partial charge in [0.2, 0.25) is 0 Å². The fourth-order valence-corrected chi connectivity index (χ4v) is 9.35. The maximum absolute atomic E-state index is 2.54. The summed E-state index contributed by atoms with van der Waals surface area (Å²) < 4.78 is 0. The maximum atomic E-state index is 2.54. The molecule has 1 heteroatoms. The van der Waals surface area contributed by atoms with Crippen LogP contribution < -0.4 is 4.90 Å². The monoisotopic (exact) mass is 679 g/mol. The van der Waals surface area contributed by atoms with E-state index in [0.29, 0.717) is 0 Å². The topological polar surface area (TPSA) is 3.24 Å². The number of para-hydroxylation sites is 1. The average Bonchev–Trinajstić information content (AvgIpc) is 3.43. The molecule has 8 aromatic carbocycles. The van der Waals surface area contributed by atoms with E-state index in [9.17, 15) is 0 Å². The summed E-state index contributed by atoms with van der Waals surface area (Å²) in [6.07, 6.45) is 0. The molecule has 0 radical (unpaired) electrons. The molecule has 0 saturated carbocycles. The lowest BCUT2D eigenvalue weighted by atomic mass is 9.67. The zero-order valence-corrected chi connectivity index (χ0v) is 30.7. The molecule has 254 valence electrons. The predicted molar refractivity (Wildman–Crippen MR) is 225 cm³/mol. The number of anilines is 3. The Balaban J connectivity index is 1.29. The van der Waals surface area contributed by atoms with Crippen molar-refractivity contribution in [3.63, 3.8) is 0 Å². The summed E-state index contributed by atoms with van der Waals surface area (Å²) in [5, 5.41) is 2.61. The van der Waals surface area contributed by atoms with E-state index in [1.807, 2.05) is 0 Å². The van der Waals surface area contributed by atoms with Gasteiger partial charge >= 0.3 is 0 Å². The van der Waals surface area contributed by atoms with E-state index in [4.69, 9.17) is 0 Å². The van der Waals surface area contributed by atoms with Gasteiger partial charge in [0.1, 0.15) is 0 Å². The minimum atomic E-state index is -0.193. The van der Waals surface area contributed by atoms with E-state index in [0.717, 1.165) is 11.4 Å². The van der Waals surface area contributed by atoms with Crippen LogP contribution in [-0.2, 0) is 10.8 Å². The van der Waals surface area contributed by atoms with Gasteiger partial charge in [-0.15, -0.1) is 0 Å². The van der Waals surface area contributed by atoms with Crippen LogP contribution in [0.5, 0.6) is 0 Å². The van der Waals surface area contributed by atoms with Gasteiger partial charge in [0.25, 0.3) is 0 Å². The largest absolute Gasteiger partial charge is 0.309 e. The molecule has 1 nitrogen and oxygen atoms in total. The first kappa shape index (κ1) is 31.5. The molecule has 0 spiro atoms. The molecule has 0 saturated heterocycles. The quantitative estimate of drug-likeness (QED) is 0.175. The Morgan fingerprint density at radius 1 is 0.358 bits per heavy atom. The number of hydrogen-bond donors (Lipinski definition) is 0. The Morgan fingerprint density at radius 2 is 0.962 bits per heavy atom. The Bertz CT molecular complexity index is 2720. The minimum Gasteiger partial charge on any atom is -0.309 e. The van der Waals surface area contributed by atoms with Gasteiger partial charge in [-0.3, -0.25) is 0 Å². The van der Waals surface area contributed by atoms with Crippen molar-refractivity contribution in [3.05, 3.63) is 198 Å². The summed E-state index contributed by atoms with van der Waals surface area (Å²) in [6.45, 7) is 9.54. The molecule has 0 fully saturated rings. The maximum Gasteiger partial charge on any atom is 0.0546 e. The lowest BCUT2D eigenvalue weighted by molar-refractivity contribution is 0.645. The molecule has 53 heavy (non-hydrogen) atoms. The van der Waals surface area contributed by atoms with Gasteiger partial charge in [0.05, 0.1) is 11.4 Å². The third-order valence-electron chi connectivity index (χ3n) is 12.1. The number of benzene rings is 8. The Labute approximate surface area is 312 Å². The third kappa shape index (κ3) is 4.70. The van der Waals surface area contributed by atoms with E-state index in [-0.39, 0.29) is 10.8 Å². The SMILES string of the molecule is CC1(C)c2ccccc2-c2ccc(N(c3ccccc3-c3ccccc3)c3ccc4cccc5c4c3-c3ccc(-c4ccccc4)cc3C5(C)C)cc21. The summed E-state index contributed by atoms with van der Waals surface area (Å²) in [6, 6.07) is 65.3. The van der Waals surface area contributed by atoms with Crippen molar-refractivity contribution in [2.24, 2.45) is 0 Å². The highest BCUT2D eigenvalue weighted by Gasteiger charge is 2.38. The molecular formula is C52H41N. The third-order valence-corrected chi connectivity index (χ3v) is 12.1. The summed E-state index contributed by atoms with van der Waals surface area (Å²) in [5.41, 5.74) is 18.8. The fourth-order valence-electron chi connectivity index (χ4n) is 9.35. The first-order valence-corrected chi connectivity index (χ1v) is 18.8. The van der Waals surface area contributed by atoms with Gasteiger partial charge in [-0.1, -0.05) is 173 Å². The van der Waals surface area contributed by atoms with Crippen LogP contribution in [0.1, 0.15) is 49.9 Å². The normalized spacial score (nSPS) is 14.3. The van der Waals surface area contributed by atoms with Crippen molar-refractivity contribution in [1.29, 1.82) is 0 Å². The number of fused-ring (bicyclic) bond motifs is 5. The summed E-state index contributed by atoms with van der Waals surface area (Å²) in [4.78, 5) is 2.54. The van der Waals surface area contributed by atoms with Gasteiger partial charge < -0.3 is 4.90 Å². The van der Waals surface area contributed by atoms with Crippen LogP contribution in [0.4, 0.5) is 17.1 Å². The molecule has 10 rings (SSSR count). The van der Waals surface area contributed by atoms with Crippen LogP contribution in [-0.4, -0.2) is 0 Å². The van der Waals surface area contributed by atoms with Crippen LogP contribution in [0.25, 0.3) is 55.3 Å². The molecular weight excluding hydrogens is 639 g/mol. The summed E-state index contributed by atoms with van der Waals surface area (Å²) >= 11 is 0. The van der Waals surface area contributed by atoms with Gasteiger partial charge in [-0.2, -0.15) is 0 Å². The number of nitrogens with zero attached hydrogens (tertiary/aromatic N) is 1. The van der Waals surface area contributed by atoms with Gasteiger partial charge in [0, 0.05) is 27.6 Å². The van der Waals surface area contributed by atoms with Gasteiger partial charge in [-0.05, 0) is 96.7 Å². The second kappa shape index (κ2) is 11.7. The van der Waals surface area contributed by atoms with Gasteiger partial charge in [0.15, 0.2) is 0 Å². The zero-order valence-electron chi connectivity index (χ0n) is 30.7. The van der Waals surface area contributed by atoms with E-state index in [1.165, 1.54) is 83.2 Å². The molecule has 2 aliphatic rings. The molecule has 0 atom stereocenters. The predicted octanol–water partition coefficient (Wildman–Crippen LogP) is 14.3. The van der Waals surface area contributed by atoms with Crippen LogP contribution in [0.3, 0.4) is 0 Å². The molecule has 2 aliphatic carbocycles. The van der Waals surface area contributed by atoms with Crippen molar-refractivity contribution in [3.8, 4) is 44.5 Å². The van der Waals surface area contributed by atoms with E-state index >= 15 is 0 Å². The van der Waals surface area contributed by atoms with Crippen molar-refractivity contribution in [2.75, 3.05) is 4.90 Å². The minimum absolute atomic E-state index is 0.123. The fraction of sp³-hybridized carbons (Fsp3) is 0.115. The van der Waals surface area contributed by atoms with Crippen LogP contribution in [0, 0.1) is 0 Å². The molecule has 0 heterocycles. The zero-order chi connectivity index (χ0) is 35.9. The lowest BCUT2D eigenvalue weighted by Crippen LogP contribution is -2.25. The first-order valence-electron chi connectivity index (χ1n) is 18.8. The van der Waals surface area contributed by atoms with Crippen LogP contribution in [0.15, 0.2) is 176 Å². The summed E-state index contributed by atoms with van der Waals surface area (Å²) in [7, 11) is 0.